The highest BCUT2D eigenvalue weighted by Crippen LogP contribution is 2.24. The van der Waals surface area contributed by atoms with Crippen molar-refractivity contribution in [2.75, 3.05) is 25.4 Å². The normalized spacial score (nSPS) is 25.2. The summed E-state index contributed by atoms with van der Waals surface area (Å²) in [7, 11) is -3.43. The molecular weight excluding hydrogens is 268 g/mol. The van der Waals surface area contributed by atoms with Crippen molar-refractivity contribution in [1.82, 2.24) is 4.31 Å². The van der Waals surface area contributed by atoms with E-state index in [1.807, 2.05) is 0 Å². The number of sulfonamides is 1. The summed E-state index contributed by atoms with van der Waals surface area (Å²) < 4.78 is 30.7. The Morgan fingerprint density at radius 3 is 2.74 bits per heavy atom. The van der Waals surface area contributed by atoms with Gasteiger partial charge in [-0.15, -0.1) is 0 Å². The van der Waals surface area contributed by atoms with Gasteiger partial charge in [0.2, 0.25) is 10.0 Å². The molecule has 0 saturated carbocycles. The summed E-state index contributed by atoms with van der Waals surface area (Å²) in [5.74, 6) is -0.178. The molecule has 0 amide bonds. The van der Waals surface area contributed by atoms with Crippen LogP contribution in [0.3, 0.4) is 0 Å². The third kappa shape index (κ3) is 4.74. The number of hydrogen-bond acceptors (Lipinski definition) is 5. The van der Waals surface area contributed by atoms with Gasteiger partial charge in [0.1, 0.15) is 0 Å². The standard InChI is InChI=1S/C12H24N2O4S/c1-3-18-12(15)5-7-19(16,17)14-6-4-10(2)8-11(14)9-13/h10-11H,3-9,13H2,1-2H3. The molecule has 2 unspecified atom stereocenters. The SMILES string of the molecule is CCOC(=O)CCS(=O)(=O)N1CCC(C)CC1CN. The molecule has 1 fully saturated rings. The van der Waals surface area contributed by atoms with Gasteiger partial charge in [0.05, 0.1) is 18.8 Å². The third-order valence-electron chi connectivity index (χ3n) is 3.42. The number of nitrogens with two attached hydrogens (primary N) is 1. The lowest BCUT2D eigenvalue weighted by molar-refractivity contribution is -0.142. The Morgan fingerprint density at radius 1 is 1.47 bits per heavy atom. The molecule has 1 aliphatic heterocycles. The topological polar surface area (TPSA) is 89.7 Å². The van der Waals surface area contributed by atoms with Gasteiger partial charge in [-0.2, -0.15) is 4.31 Å². The van der Waals surface area contributed by atoms with Crippen molar-refractivity contribution in [1.29, 1.82) is 0 Å². The zero-order chi connectivity index (χ0) is 14.5. The predicted octanol–water partition coefficient (Wildman–Crippen LogP) is 0.329. The molecule has 0 aromatic rings. The Labute approximate surface area is 115 Å². The molecule has 1 aliphatic rings. The lowest BCUT2D eigenvalue weighted by Crippen LogP contribution is -2.50. The van der Waals surface area contributed by atoms with Crippen LogP contribution in [0.4, 0.5) is 0 Å². The molecule has 6 nitrogen and oxygen atoms in total. The third-order valence-corrected chi connectivity index (χ3v) is 5.34. The van der Waals surface area contributed by atoms with E-state index >= 15 is 0 Å². The number of esters is 1. The summed E-state index contributed by atoms with van der Waals surface area (Å²) in [6, 6.07) is -0.143. The summed E-state index contributed by atoms with van der Waals surface area (Å²) >= 11 is 0. The summed E-state index contributed by atoms with van der Waals surface area (Å²) in [5.41, 5.74) is 5.66. The zero-order valence-electron chi connectivity index (χ0n) is 11.7. The Bertz CT molecular complexity index is 397. The second-order valence-corrected chi connectivity index (χ2v) is 7.04. The molecule has 1 rings (SSSR count). The number of piperidine rings is 1. The number of carbonyl (C=O) groups excluding carboxylic acids is 1. The second-order valence-electron chi connectivity index (χ2n) is 5.00. The van der Waals surface area contributed by atoms with Crippen LogP contribution in [-0.2, 0) is 19.6 Å². The van der Waals surface area contributed by atoms with Gasteiger partial charge in [0.15, 0.2) is 0 Å². The fourth-order valence-corrected chi connectivity index (χ4v) is 4.04. The van der Waals surface area contributed by atoms with Gasteiger partial charge in [-0.25, -0.2) is 8.42 Å². The largest absolute Gasteiger partial charge is 0.466 e. The van der Waals surface area contributed by atoms with Gasteiger partial charge in [-0.3, -0.25) is 4.79 Å². The maximum absolute atomic E-state index is 12.2. The summed E-state index contributed by atoms with van der Waals surface area (Å²) in [6.07, 6.45) is 1.53. The molecule has 0 radical (unpaired) electrons. The average Bonchev–Trinajstić information content (AvgIpc) is 2.36. The summed E-state index contributed by atoms with van der Waals surface area (Å²) in [5, 5.41) is 0. The van der Waals surface area contributed by atoms with E-state index in [0.29, 0.717) is 19.0 Å². The minimum absolute atomic E-state index is 0.0977. The van der Waals surface area contributed by atoms with Crippen molar-refractivity contribution in [2.45, 2.75) is 39.2 Å². The number of hydrogen-bond donors (Lipinski definition) is 1. The smallest absolute Gasteiger partial charge is 0.306 e. The van der Waals surface area contributed by atoms with E-state index in [4.69, 9.17) is 10.5 Å². The van der Waals surface area contributed by atoms with E-state index in [0.717, 1.165) is 12.8 Å². The van der Waals surface area contributed by atoms with Crippen LogP contribution < -0.4 is 5.73 Å². The first-order valence-corrected chi connectivity index (χ1v) is 8.36. The maximum Gasteiger partial charge on any atom is 0.306 e. The first kappa shape index (κ1) is 16.4. The fourth-order valence-electron chi connectivity index (χ4n) is 2.37. The maximum atomic E-state index is 12.2. The molecule has 2 atom stereocenters. The van der Waals surface area contributed by atoms with E-state index in [1.54, 1.807) is 6.92 Å². The van der Waals surface area contributed by atoms with Crippen molar-refractivity contribution >= 4 is 16.0 Å². The Morgan fingerprint density at radius 2 is 2.16 bits per heavy atom. The summed E-state index contributed by atoms with van der Waals surface area (Å²) in [6.45, 7) is 4.89. The highest BCUT2D eigenvalue weighted by molar-refractivity contribution is 7.89. The Hall–Kier alpha value is -0.660. The Kier molecular flexibility index (Phi) is 6.22. The molecule has 0 bridgehead atoms. The highest BCUT2D eigenvalue weighted by Gasteiger charge is 2.33. The molecule has 0 aliphatic carbocycles. The number of rotatable bonds is 6. The van der Waals surface area contributed by atoms with Gasteiger partial charge in [-0.1, -0.05) is 6.92 Å². The number of ether oxygens (including phenoxy) is 1. The van der Waals surface area contributed by atoms with Crippen LogP contribution >= 0.6 is 0 Å². The van der Waals surface area contributed by atoms with Crippen molar-refractivity contribution in [3.05, 3.63) is 0 Å². The monoisotopic (exact) mass is 292 g/mol. The van der Waals surface area contributed by atoms with Crippen LogP contribution in [-0.4, -0.2) is 50.2 Å². The molecular formula is C12H24N2O4S. The van der Waals surface area contributed by atoms with E-state index in [1.165, 1.54) is 4.31 Å². The predicted molar refractivity (Wildman–Crippen MR) is 73.0 cm³/mol. The second kappa shape index (κ2) is 7.21. The van der Waals surface area contributed by atoms with Gasteiger partial charge in [-0.05, 0) is 25.7 Å². The highest BCUT2D eigenvalue weighted by atomic mass is 32.2. The lowest BCUT2D eigenvalue weighted by atomic mass is 9.94. The van der Waals surface area contributed by atoms with Crippen molar-refractivity contribution in [2.24, 2.45) is 11.7 Å². The Balaban J connectivity index is 2.62. The quantitative estimate of drug-likeness (QED) is 0.712. The van der Waals surface area contributed by atoms with Gasteiger partial charge in [0.25, 0.3) is 0 Å². The van der Waals surface area contributed by atoms with Crippen LogP contribution in [0.15, 0.2) is 0 Å². The fraction of sp³-hybridized carbons (Fsp3) is 0.917. The first-order valence-electron chi connectivity index (χ1n) is 6.76. The molecule has 1 heterocycles. The van der Waals surface area contributed by atoms with Crippen LogP contribution in [0.5, 0.6) is 0 Å². The zero-order valence-corrected chi connectivity index (χ0v) is 12.5. The molecule has 0 spiro atoms. The molecule has 2 N–H and O–H groups in total. The van der Waals surface area contributed by atoms with E-state index < -0.39 is 16.0 Å². The van der Waals surface area contributed by atoms with Crippen LogP contribution in [0, 0.1) is 5.92 Å². The minimum Gasteiger partial charge on any atom is -0.466 e. The molecule has 0 aromatic carbocycles. The first-order chi connectivity index (χ1) is 8.90. The molecule has 7 heteroatoms. The van der Waals surface area contributed by atoms with Gasteiger partial charge < -0.3 is 10.5 Å². The van der Waals surface area contributed by atoms with Gasteiger partial charge >= 0.3 is 5.97 Å². The van der Waals surface area contributed by atoms with E-state index in [-0.39, 0.29) is 24.8 Å². The van der Waals surface area contributed by atoms with Crippen LogP contribution in [0.2, 0.25) is 0 Å². The summed E-state index contributed by atoms with van der Waals surface area (Å²) in [4.78, 5) is 11.2. The minimum atomic E-state index is -3.43. The van der Waals surface area contributed by atoms with E-state index in [9.17, 15) is 13.2 Å². The molecule has 1 saturated heterocycles. The van der Waals surface area contributed by atoms with Crippen LogP contribution in [0.1, 0.15) is 33.1 Å². The number of carbonyl (C=O) groups is 1. The lowest BCUT2D eigenvalue weighted by Gasteiger charge is -2.36. The van der Waals surface area contributed by atoms with Crippen molar-refractivity contribution in [3.8, 4) is 0 Å². The van der Waals surface area contributed by atoms with E-state index in [2.05, 4.69) is 6.92 Å². The van der Waals surface area contributed by atoms with Crippen LogP contribution in [0.25, 0.3) is 0 Å². The van der Waals surface area contributed by atoms with Gasteiger partial charge in [0, 0.05) is 19.1 Å². The average molecular weight is 292 g/mol. The molecule has 0 aromatic heterocycles. The van der Waals surface area contributed by atoms with Crippen molar-refractivity contribution in [3.63, 3.8) is 0 Å². The van der Waals surface area contributed by atoms with Crippen molar-refractivity contribution < 1.29 is 17.9 Å². The molecule has 19 heavy (non-hydrogen) atoms. The number of nitrogens with zero attached hydrogens (tertiary/aromatic N) is 1. The molecule has 112 valence electrons.